The van der Waals surface area contributed by atoms with E-state index in [1.54, 1.807) is 6.20 Å². The second-order valence-corrected chi connectivity index (χ2v) is 5.40. The third-order valence-corrected chi connectivity index (χ3v) is 3.45. The number of anilines is 3. The van der Waals surface area contributed by atoms with Gasteiger partial charge in [0.1, 0.15) is 5.82 Å². The van der Waals surface area contributed by atoms with Crippen LogP contribution in [-0.2, 0) is 0 Å². The number of benzene rings is 1. The Morgan fingerprint density at radius 2 is 2.11 bits per heavy atom. The summed E-state index contributed by atoms with van der Waals surface area (Å²) in [5, 5.41) is 7.27. The minimum Gasteiger partial charge on any atom is -0.370 e. The maximum atomic E-state index is 6.00. The average molecular weight is 341 g/mol. The Kier molecular flexibility index (Phi) is 5.05. The summed E-state index contributed by atoms with van der Waals surface area (Å²) in [6.45, 7) is 3.04. The SMILES string of the molecule is CCCNc1cc(Nc2cc(Cl)ccc2Br)ccn1. The number of halogens is 2. The highest BCUT2D eigenvalue weighted by atomic mass is 79.9. The Labute approximate surface area is 126 Å². The van der Waals surface area contributed by atoms with Gasteiger partial charge in [0.2, 0.25) is 0 Å². The summed E-state index contributed by atoms with van der Waals surface area (Å²) >= 11 is 9.49. The van der Waals surface area contributed by atoms with Crippen molar-refractivity contribution in [2.45, 2.75) is 13.3 Å². The van der Waals surface area contributed by atoms with Crippen LogP contribution in [0.25, 0.3) is 0 Å². The van der Waals surface area contributed by atoms with Gasteiger partial charge in [0.05, 0.1) is 5.69 Å². The van der Waals surface area contributed by atoms with Crippen LogP contribution in [0.1, 0.15) is 13.3 Å². The summed E-state index contributed by atoms with van der Waals surface area (Å²) in [4.78, 5) is 4.27. The Bertz CT molecular complexity index is 560. The molecule has 0 radical (unpaired) electrons. The van der Waals surface area contributed by atoms with Crippen molar-refractivity contribution in [1.29, 1.82) is 0 Å². The molecule has 0 unspecified atom stereocenters. The summed E-state index contributed by atoms with van der Waals surface area (Å²) < 4.78 is 0.969. The van der Waals surface area contributed by atoms with Crippen molar-refractivity contribution >= 4 is 44.7 Å². The normalized spacial score (nSPS) is 10.3. The van der Waals surface area contributed by atoms with Gasteiger partial charge in [-0.3, -0.25) is 0 Å². The molecule has 0 aliphatic rings. The van der Waals surface area contributed by atoms with Crippen molar-refractivity contribution in [3.63, 3.8) is 0 Å². The van der Waals surface area contributed by atoms with E-state index in [1.807, 2.05) is 30.3 Å². The lowest BCUT2D eigenvalue weighted by Crippen LogP contribution is -2.02. The molecule has 0 aliphatic carbocycles. The first kappa shape index (κ1) is 14.2. The molecule has 0 amide bonds. The molecule has 2 N–H and O–H groups in total. The fourth-order valence-electron chi connectivity index (χ4n) is 1.61. The molecule has 5 heteroatoms. The molecule has 0 fully saturated rings. The van der Waals surface area contributed by atoms with E-state index in [-0.39, 0.29) is 0 Å². The molecule has 0 saturated heterocycles. The lowest BCUT2D eigenvalue weighted by atomic mass is 10.3. The van der Waals surface area contributed by atoms with E-state index >= 15 is 0 Å². The molecule has 1 aromatic heterocycles. The topological polar surface area (TPSA) is 37.0 Å². The lowest BCUT2D eigenvalue weighted by Gasteiger charge is -2.10. The highest BCUT2D eigenvalue weighted by molar-refractivity contribution is 9.10. The highest BCUT2D eigenvalue weighted by Crippen LogP contribution is 2.29. The molecule has 1 heterocycles. The van der Waals surface area contributed by atoms with Crippen molar-refractivity contribution in [3.8, 4) is 0 Å². The van der Waals surface area contributed by atoms with Gasteiger partial charge in [0, 0.05) is 34.0 Å². The van der Waals surface area contributed by atoms with Crippen LogP contribution < -0.4 is 10.6 Å². The maximum absolute atomic E-state index is 6.00. The third kappa shape index (κ3) is 4.11. The van der Waals surface area contributed by atoms with Crippen LogP contribution in [0.5, 0.6) is 0 Å². The first-order chi connectivity index (χ1) is 9.19. The number of nitrogens with one attached hydrogen (secondary N) is 2. The van der Waals surface area contributed by atoms with Gasteiger partial charge >= 0.3 is 0 Å². The summed E-state index contributed by atoms with van der Waals surface area (Å²) in [5.74, 6) is 0.866. The van der Waals surface area contributed by atoms with Crippen molar-refractivity contribution < 1.29 is 0 Å². The number of hydrogen-bond donors (Lipinski definition) is 2. The molecule has 2 rings (SSSR count). The van der Waals surface area contributed by atoms with Crippen molar-refractivity contribution in [2.75, 3.05) is 17.2 Å². The van der Waals surface area contributed by atoms with E-state index in [9.17, 15) is 0 Å². The van der Waals surface area contributed by atoms with E-state index in [2.05, 4.69) is 38.5 Å². The van der Waals surface area contributed by atoms with Crippen LogP contribution in [0.3, 0.4) is 0 Å². The van der Waals surface area contributed by atoms with Gasteiger partial charge < -0.3 is 10.6 Å². The standard InChI is InChI=1S/C14H15BrClN3/c1-2-6-17-14-9-11(5-7-18-14)19-13-8-10(16)3-4-12(13)15/h3-5,7-9H,2,6H2,1H3,(H2,17,18,19). The highest BCUT2D eigenvalue weighted by Gasteiger charge is 2.02. The summed E-state index contributed by atoms with van der Waals surface area (Å²) in [6, 6.07) is 9.54. The van der Waals surface area contributed by atoms with E-state index in [4.69, 9.17) is 11.6 Å². The zero-order valence-corrected chi connectivity index (χ0v) is 12.9. The second-order valence-electron chi connectivity index (χ2n) is 4.11. The van der Waals surface area contributed by atoms with Gasteiger partial charge in [0.15, 0.2) is 0 Å². The van der Waals surface area contributed by atoms with Crippen LogP contribution in [0.2, 0.25) is 5.02 Å². The smallest absolute Gasteiger partial charge is 0.127 e. The summed E-state index contributed by atoms with van der Waals surface area (Å²) in [7, 11) is 0. The molecule has 0 spiro atoms. The number of nitrogens with zero attached hydrogens (tertiary/aromatic N) is 1. The maximum Gasteiger partial charge on any atom is 0.127 e. The molecule has 1 aromatic carbocycles. The largest absolute Gasteiger partial charge is 0.370 e. The molecule has 3 nitrogen and oxygen atoms in total. The minimum atomic E-state index is 0.698. The Morgan fingerprint density at radius 3 is 2.89 bits per heavy atom. The quantitative estimate of drug-likeness (QED) is 0.798. The van der Waals surface area contributed by atoms with E-state index in [0.29, 0.717) is 5.02 Å². The number of aromatic nitrogens is 1. The van der Waals surface area contributed by atoms with Crippen molar-refractivity contribution in [3.05, 3.63) is 46.0 Å². The summed E-state index contributed by atoms with van der Waals surface area (Å²) in [6.07, 6.45) is 2.85. The molecule has 0 aliphatic heterocycles. The van der Waals surface area contributed by atoms with Crippen LogP contribution in [-0.4, -0.2) is 11.5 Å². The zero-order valence-electron chi connectivity index (χ0n) is 10.6. The number of rotatable bonds is 5. The average Bonchev–Trinajstić information content (AvgIpc) is 2.41. The fraction of sp³-hybridized carbons (Fsp3) is 0.214. The molecule has 100 valence electrons. The van der Waals surface area contributed by atoms with E-state index in [1.165, 1.54) is 0 Å². The molecule has 0 atom stereocenters. The van der Waals surface area contributed by atoms with Gasteiger partial charge in [-0.25, -0.2) is 4.98 Å². The Morgan fingerprint density at radius 1 is 1.26 bits per heavy atom. The van der Waals surface area contributed by atoms with Crippen LogP contribution in [0.4, 0.5) is 17.2 Å². The van der Waals surface area contributed by atoms with Gasteiger partial charge in [-0.1, -0.05) is 18.5 Å². The Hall–Kier alpha value is -1.26. The van der Waals surface area contributed by atoms with Gasteiger partial charge in [-0.2, -0.15) is 0 Å². The van der Waals surface area contributed by atoms with Crippen LogP contribution in [0, 0.1) is 0 Å². The first-order valence-corrected chi connectivity index (χ1v) is 7.28. The fourth-order valence-corrected chi connectivity index (χ4v) is 2.12. The Balaban J connectivity index is 2.16. The lowest BCUT2D eigenvalue weighted by molar-refractivity contribution is 0.969. The van der Waals surface area contributed by atoms with Crippen LogP contribution in [0.15, 0.2) is 41.0 Å². The first-order valence-electron chi connectivity index (χ1n) is 6.11. The number of hydrogen-bond acceptors (Lipinski definition) is 3. The van der Waals surface area contributed by atoms with Crippen molar-refractivity contribution in [2.24, 2.45) is 0 Å². The third-order valence-electron chi connectivity index (χ3n) is 2.52. The summed E-state index contributed by atoms with van der Waals surface area (Å²) in [5.41, 5.74) is 1.90. The monoisotopic (exact) mass is 339 g/mol. The van der Waals surface area contributed by atoms with E-state index in [0.717, 1.165) is 34.6 Å². The molecular formula is C14H15BrClN3. The van der Waals surface area contributed by atoms with Gasteiger partial charge in [0.25, 0.3) is 0 Å². The van der Waals surface area contributed by atoms with E-state index < -0.39 is 0 Å². The van der Waals surface area contributed by atoms with Gasteiger partial charge in [-0.15, -0.1) is 0 Å². The predicted octanol–water partition coefficient (Wildman–Crippen LogP) is 5.06. The molecular weight excluding hydrogens is 326 g/mol. The minimum absolute atomic E-state index is 0.698. The predicted molar refractivity (Wildman–Crippen MR) is 85.5 cm³/mol. The van der Waals surface area contributed by atoms with Gasteiger partial charge in [-0.05, 0) is 46.6 Å². The van der Waals surface area contributed by atoms with Crippen LogP contribution >= 0.6 is 27.5 Å². The number of pyridine rings is 1. The molecule has 0 saturated carbocycles. The zero-order chi connectivity index (χ0) is 13.7. The molecule has 2 aromatic rings. The molecule has 0 bridgehead atoms. The van der Waals surface area contributed by atoms with Crippen molar-refractivity contribution in [1.82, 2.24) is 4.98 Å². The second kappa shape index (κ2) is 6.78. The molecule has 19 heavy (non-hydrogen) atoms.